The van der Waals surface area contributed by atoms with Gasteiger partial charge in [-0.05, 0) is 44.2 Å². The van der Waals surface area contributed by atoms with Crippen molar-refractivity contribution in [2.75, 3.05) is 25.1 Å². The number of rotatable bonds is 9. The Bertz CT molecular complexity index is 1290. The third kappa shape index (κ3) is 4.78. The predicted molar refractivity (Wildman–Crippen MR) is 129 cm³/mol. The summed E-state index contributed by atoms with van der Waals surface area (Å²) >= 11 is 1.16. The minimum absolute atomic E-state index is 0.254. The molecule has 1 aliphatic rings. The van der Waals surface area contributed by atoms with Crippen molar-refractivity contribution >= 4 is 39.2 Å². The van der Waals surface area contributed by atoms with Crippen LogP contribution in [-0.4, -0.2) is 66.7 Å². The molecule has 2 N–H and O–H groups in total. The Kier molecular flexibility index (Phi) is 6.89. The lowest BCUT2D eigenvalue weighted by Crippen LogP contribution is -2.51. The van der Waals surface area contributed by atoms with E-state index in [1.807, 2.05) is 13.8 Å². The number of thiophene rings is 1. The fraction of sp³-hybridized carbons (Fsp3) is 0.304. The number of Topliss-reactive ketones (excluding diaryl/α,β-unsaturated/α-hetero) is 1. The van der Waals surface area contributed by atoms with E-state index < -0.39 is 27.2 Å². The summed E-state index contributed by atoms with van der Waals surface area (Å²) in [6, 6.07) is 12.9. The molecule has 1 saturated heterocycles. The molecule has 0 aliphatic carbocycles. The number of nitrogens with one attached hydrogen (secondary N) is 2. The van der Waals surface area contributed by atoms with E-state index in [9.17, 15) is 18.0 Å². The molecular formula is C23H25N5O4S2. The SMILES string of the molecule is CC1(C)C(C(=O)C=O)NCN1CCNc1nccc(-c2ccc(S(=O)(=O)c3ccccc3)s2)n1. The van der Waals surface area contributed by atoms with E-state index in [1.165, 1.54) is 0 Å². The first-order valence-electron chi connectivity index (χ1n) is 10.7. The molecule has 3 heterocycles. The summed E-state index contributed by atoms with van der Waals surface area (Å²) in [5.74, 6) is -0.0371. The lowest BCUT2D eigenvalue weighted by molar-refractivity contribution is -0.132. The van der Waals surface area contributed by atoms with Gasteiger partial charge in [-0.25, -0.2) is 18.4 Å². The number of aldehydes is 1. The van der Waals surface area contributed by atoms with E-state index in [-0.39, 0.29) is 9.10 Å². The van der Waals surface area contributed by atoms with Crippen molar-refractivity contribution in [2.45, 2.75) is 34.5 Å². The molecule has 1 atom stereocenters. The van der Waals surface area contributed by atoms with E-state index in [1.54, 1.807) is 54.7 Å². The Balaban J connectivity index is 1.42. The van der Waals surface area contributed by atoms with Crippen molar-refractivity contribution in [3.63, 3.8) is 0 Å². The van der Waals surface area contributed by atoms with Gasteiger partial charge in [-0.2, -0.15) is 0 Å². The zero-order valence-electron chi connectivity index (χ0n) is 18.8. The first kappa shape index (κ1) is 24.1. The van der Waals surface area contributed by atoms with Gasteiger partial charge in [0.15, 0.2) is 6.29 Å². The van der Waals surface area contributed by atoms with Crippen LogP contribution in [0.1, 0.15) is 13.8 Å². The van der Waals surface area contributed by atoms with Crippen LogP contribution in [0, 0.1) is 0 Å². The summed E-state index contributed by atoms with van der Waals surface area (Å²) in [4.78, 5) is 34.6. The van der Waals surface area contributed by atoms with Gasteiger partial charge in [-0.3, -0.25) is 19.8 Å². The average molecular weight is 500 g/mol. The molecule has 0 spiro atoms. The molecule has 3 aromatic rings. The van der Waals surface area contributed by atoms with Gasteiger partial charge in [0, 0.05) is 31.5 Å². The normalized spacial score (nSPS) is 18.0. The van der Waals surface area contributed by atoms with Crippen molar-refractivity contribution in [3.8, 4) is 10.6 Å². The number of nitrogens with zero attached hydrogens (tertiary/aromatic N) is 3. The highest BCUT2D eigenvalue weighted by molar-refractivity contribution is 7.93. The maximum atomic E-state index is 12.9. The van der Waals surface area contributed by atoms with E-state index >= 15 is 0 Å². The summed E-state index contributed by atoms with van der Waals surface area (Å²) in [7, 11) is -3.58. The number of ketones is 1. The molecule has 2 aromatic heterocycles. The number of benzene rings is 1. The van der Waals surface area contributed by atoms with Crippen LogP contribution < -0.4 is 10.6 Å². The van der Waals surface area contributed by atoms with E-state index in [2.05, 4.69) is 25.5 Å². The standard InChI is InChI=1S/C23H25N5O4S2/c1-23(2)21(18(30)14-29)26-15-28(23)13-12-25-22-24-11-10-17(27-22)19-8-9-20(33-19)34(31,32)16-6-4-3-5-7-16/h3-11,14,21,26H,12-13,15H2,1-2H3,(H,24,25,27). The third-order valence-corrected chi connectivity index (χ3v) is 9.25. The first-order chi connectivity index (χ1) is 16.2. The van der Waals surface area contributed by atoms with Gasteiger partial charge in [0.25, 0.3) is 0 Å². The molecular weight excluding hydrogens is 474 g/mol. The van der Waals surface area contributed by atoms with Gasteiger partial charge in [0.1, 0.15) is 4.21 Å². The molecule has 4 rings (SSSR count). The van der Waals surface area contributed by atoms with Gasteiger partial charge in [-0.1, -0.05) is 18.2 Å². The Hall–Kier alpha value is -2.99. The molecule has 1 aliphatic heterocycles. The maximum Gasteiger partial charge on any atom is 0.223 e. The van der Waals surface area contributed by atoms with Crippen LogP contribution in [0.15, 0.2) is 63.8 Å². The minimum atomic E-state index is -3.58. The molecule has 1 unspecified atom stereocenters. The van der Waals surface area contributed by atoms with Gasteiger partial charge in [-0.15, -0.1) is 11.3 Å². The second-order valence-corrected chi connectivity index (χ2v) is 11.6. The predicted octanol–water partition coefficient (Wildman–Crippen LogP) is 2.23. The Morgan fingerprint density at radius 3 is 2.74 bits per heavy atom. The second-order valence-electron chi connectivity index (χ2n) is 8.36. The van der Waals surface area contributed by atoms with E-state index in [0.717, 1.165) is 16.2 Å². The number of carbonyl (C=O) groups is 2. The highest BCUT2D eigenvalue weighted by Crippen LogP contribution is 2.33. The molecule has 11 heteroatoms. The number of hydrogen-bond donors (Lipinski definition) is 2. The molecule has 9 nitrogen and oxygen atoms in total. The van der Waals surface area contributed by atoms with Crippen LogP contribution in [0.25, 0.3) is 10.6 Å². The fourth-order valence-electron chi connectivity index (χ4n) is 3.92. The van der Waals surface area contributed by atoms with Gasteiger partial charge in [0.2, 0.25) is 21.6 Å². The van der Waals surface area contributed by atoms with Gasteiger partial charge >= 0.3 is 0 Å². The van der Waals surface area contributed by atoms with E-state index in [0.29, 0.717) is 37.7 Å². The Morgan fingerprint density at radius 2 is 2.00 bits per heavy atom. The van der Waals surface area contributed by atoms with Gasteiger partial charge in [0.05, 0.1) is 21.5 Å². The van der Waals surface area contributed by atoms with Crippen molar-refractivity contribution in [1.29, 1.82) is 0 Å². The zero-order chi connectivity index (χ0) is 24.3. The topological polar surface area (TPSA) is 121 Å². The van der Waals surface area contributed by atoms with Gasteiger partial charge < -0.3 is 5.32 Å². The first-order valence-corrected chi connectivity index (χ1v) is 13.0. The number of aromatic nitrogens is 2. The zero-order valence-corrected chi connectivity index (χ0v) is 20.4. The maximum absolute atomic E-state index is 12.9. The van der Waals surface area contributed by atoms with Crippen molar-refractivity contribution < 1.29 is 18.0 Å². The van der Waals surface area contributed by atoms with Crippen LogP contribution >= 0.6 is 11.3 Å². The summed E-state index contributed by atoms with van der Waals surface area (Å²) in [5.41, 5.74) is 0.122. The second kappa shape index (κ2) is 9.71. The van der Waals surface area contributed by atoms with Crippen LogP contribution in [0.2, 0.25) is 0 Å². The smallest absolute Gasteiger partial charge is 0.223 e. The lowest BCUT2D eigenvalue weighted by Gasteiger charge is -2.33. The minimum Gasteiger partial charge on any atom is -0.353 e. The Labute approximate surface area is 202 Å². The van der Waals surface area contributed by atoms with Crippen LogP contribution in [0.5, 0.6) is 0 Å². The monoisotopic (exact) mass is 499 g/mol. The molecule has 34 heavy (non-hydrogen) atoms. The number of sulfone groups is 1. The highest BCUT2D eigenvalue weighted by atomic mass is 32.2. The van der Waals surface area contributed by atoms with Crippen LogP contribution in [-0.2, 0) is 19.4 Å². The molecule has 0 bridgehead atoms. The highest BCUT2D eigenvalue weighted by Gasteiger charge is 2.44. The average Bonchev–Trinajstić information content (AvgIpc) is 3.45. The quantitative estimate of drug-likeness (QED) is 0.337. The van der Waals surface area contributed by atoms with Crippen LogP contribution in [0.3, 0.4) is 0 Å². The number of anilines is 1. The molecule has 1 fully saturated rings. The van der Waals surface area contributed by atoms with Crippen molar-refractivity contribution in [1.82, 2.24) is 20.2 Å². The summed E-state index contributed by atoms with van der Waals surface area (Å²) in [6.45, 7) is 5.47. The largest absolute Gasteiger partial charge is 0.353 e. The fourth-order valence-corrected chi connectivity index (χ4v) is 6.62. The van der Waals surface area contributed by atoms with Crippen molar-refractivity contribution in [2.24, 2.45) is 0 Å². The summed E-state index contributed by atoms with van der Waals surface area (Å²) < 4.78 is 26.0. The summed E-state index contributed by atoms with van der Waals surface area (Å²) in [6.07, 6.45) is 1.98. The summed E-state index contributed by atoms with van der Waals surface area (Å²) in [5, 5.41) is 6.27. The van der Waals surface area contributed by atoms with E-state index in [4.69, 9.17) is 0 Å². The molecule has 0 radical (unpaired) electrons. The number of hydrogen-bond acceptors (Lipinski definition) is 10. The lowest BCUT2D eigenvalue weighted by atomic mass is 9.92. The molecule has 0 saturated carbocycles. The molecule has 1 aromatic carbocycles. The molecule has 0 amide bonds. The molecule has 178 valence electrons. The Morgan fingerprint density at radius 1 is 1.24 bits per heavy atom. The van der Waals surface area contributed by atoms with Crippen LogP contribution in [0.4, 0.5) is 5.95 Å². The van der Waals surface area contributed by atoms with Crippen molar-refractivity contribution in [3.05, 3.63) is 54.7 Å². The number of carbonyl (C=O) groups excluding carboxylic acids is 2. The third-order valence-electron chi connectivity index (χ3n) is 5.88.